The SMILES string of the molecule is COc1ccc(N)cc1.O=[N+]([O-])O. The molecule has 0 radical (unpaired) electrons. The average Bonchev–Trinajstić information content (AvgIpc) is 2.05. The standard InChI is InChI=1S/C7H9NO.HNO3/c1-9-7-4-2-6(8)3-5-7;2-1(3)4/h2-5H,8H2,1H3;(H,2,3,4). The molecule has 3 N–H and O–H groups in total. The number of methoxy groups -OCH3 is 1. The highest BCUT2D eigenvalue weighted by Crippen LogP contribution is 2.11. The first kappa shape index (κ1) is 11.0. The van der Waals surface area contributed by atoms with Gasteiger partial charge in [-0.3, -0.25) is 0 Å². The summed E-state index contributed by atoms with van der Waals surface area (Å²) in [6.45, 7) is 0. The minimum absolute atomic E-state index is 0.760. The Morgan fingerprint density at radius 1 is 1.46 bits per heavy atom. The monoisotopic (exact) mass is 186 g/mol. The summed E-state index contributed by atoms with van der Waals surface area (Å²) in [6.07, 6.45) is 0. The number of hydrogen-bond acceptors (Lipinski definition) is 4. The summed E-state index contributed by atoms with van der Waals surface area (Å²) in [4.78, 5) is 8.36. The Morgan fingerprint density at radius 2 is 1.85 bits per heavy atom. The van der Waals surface area contributed by atoms with E-state index in [9.17, 15) is 0 Å². The Labute approximate surface area is 74.7 Å². The van der Waals surface area contributed by atoms with E-state index in [-0.39, 0.29) is 0 Å². The number of nitrogen functional groups attached to an aromatic ring is 1. The van der Waals surface area contributed by atoms with Gasteiger partial charge in [0.05, 0.1) is 7.11 Å². The quantitative estimate of drug-likeness (QED) is 0.386. The third-order valence-corrected chi connectivity index (χ3v) is 1.12. The molecular formula is C7H10N2O4. The van der Waals surface area contributed by atoms with Crippen molar-refractivity contribution in [3.05, 3.63) is 34.4 Å². The summed E-state index contributed by atoms with van der Waals surface area (Å²) >= 11 is 0. The lowest BCUT2D eigenvalue weighted by Gasteiger charge is -1.97. The van der Waals surface area contributed by atoms with Crippen LogP contribution >= 0.6 is 0 Å². The largest absolute Gasteiger partial charge is 0.497 e. The minimum atomic E-state index is -1.50. The molecule has 0 atom stereocenters. The van der Waals surface area contributed by atoms with Crippen LogP contribution in [0.4, 0.5) is 5.69 Å². The van der Waals surface area contributed by atoms with Gasteiger partial charge in [0.15, 0.2) is 0 Å². The molecule has 0 amide bonds. The molecule has 0 saturated heterocycles. The second kappa shape index (κ2) is 5.64. The highest BCUT2D eigenvalue weighted by atomic mass is 16.9. The summed E-state index contributed by atoms with van der Waals surface area (Å²) in [7, 11) is 1.63. The second-order valence-electron chi connectivity index (χ2n) is 2.01. The van der Waals surface area contributed by atoms with Crippen LogP contribution in [0.2, 0.25) is 0 Å². The molecule has 0 unspecified atom stereocenters. The number of nitrogens with two attached hydrogens (primary N) is 1. The zero-order chi connectivity index (χ0) is 10.3. The van der Waals surface area contributed by atoms with Crippen LogP contribution in [-0.2, 0) is 0 Å². The van der Waals surface area contributed by atoms with Crippen molar-refractivity contribution in [2.75, 3.05) is 12.8 Å². The van der Waals surface area contributed by atoms with E-state index in [2.05, 4.69) is 0 Å². The highest BCUT2D eigenvalue weighted by Gasteiger charge is 1.86. The van der Waals surface area contributed by atoms with Crippen molar-refractivity contribution in [2.24, 2.45) is 0 Å². The predicted molar refractivity (Wildman–Crippen MR) is 46.2 cm³/mol. The summed E-state index contributed by atoms with van der Waals surface area (Å²) in [6, 6.07) is 7.27. The first-order valence-electron chi connectivity index (χ1n) is 3.29. The molecule has 1 rings (SSSR count). The van der Waals surface area contributed by atoms with Crippen molar-refractivity contribution < 1.29 is 15.0 Å². The van der Waals surface area contributed by atoms with Crippen molar-refractivity contribution in [3.8, 4) is 5.75 Å². The topological polar surface area (TPSA) is 98.6 Å². The van der Waals surface area contributed by atoms with Gasteiger partial charge in [-0.2, -0.15) is 0 Å². The number of rotatable bonds is 1. The van der Waals surface area contributed by atoms with E-state index in [4.69, 9.17) is 25.8 Å². The summed E-state index contributed by atoms with van der Waals surface area (Å²) in [5.41, 5.74) is 6.19. The molecule has 0 spiro atoms. The summed E-state index contributed by atoms with van der Waals surface area (Å²) < 4.78 is 4.91. The van der Waals surface area contributed by atoms with E-state index in [1.165, 1.54) is 0 Å². The van der Waals surface area contributed by atoms with Crippen LogP contribution in [0.5, 0.6) is 5.75 Å². The second-order valence-corrected chi connectivity index (χ2v) is 2.01. The number of ether oxygens (including phenoxy) is 1. The molecule has 0 aliphatic heterocycles. The van der Waals surface area contributed by atoms with E-state index < -0.39 is 5.09 Å². The molecule has 6 nitrogen and oxygen atoms in total. The van der Waals surface area contributed by atoms with Gasteiger partial charge >= 0.3 is 0 Å². The van der Waals surface area contributed by atoms with Crippen LogP contribution in [0.15, 0.2) is 24.3 Å². The molecule has 0 aromatic heterocycles. The van der Waals surface area contributed by atoms with Crippen molar-refractivity contribution in [3.63, 3.8) is 0 Å². The smallest absolute Gasteiger partial charge is 0.291 e. The van der Waals surface area contributed by atoms with Crippen LogP contribution in [0, 0.1) is 10.1 Å². The zero-order valence-electron chi connectivity index (χ0n) is 7.01. The van der Waals surface area contributed by atoms with Gasteiger partial charge in [-0.25, -0.2) is 0 Å². The first-order valence-corrected chi connectivity index (χ1v) is 3.29. The van der Waals surface area contributed by atoms with Gasteiger partial charge in [-0.05, 0) is 24.3 Å². The molecule has 72 valence electrons. The van der Waals surface area contributed by atoms with E-state index in [1.807, 2.05) is 12.1 Å². The number of anilines is 1. The van der Waals surface area contributed by atoms with Crippen molar-refractivity contribution >= 4 is 5.69 Å². The molecule has 1 aromatic carbocycles. The minimum Gasteiger partial charge on any atom is -0.497 e. The van der Waals surface area contributed by atoms with Crippen LogP contribution in [0.3, 0.4) is 0 Å². The molecule has 0 aliphatic carbocycles. The van der Waals surface area contributed by atoms with Gasteiger partial charge in [0, 0.05) is 5.69 Å². The average molecular weight is 186 g/mol. The van der Waals surface area contributed by atoms with E-state index in [0.717, 1.165) is 11.4 Å². The maximum atomic E-state index is 8.36. The third-order valence-electron chi connectivity index (χ3n) is 1.12. The van der Waals surface area contributed by atoms with Crippen LogP contribution < -0.4 is 10.5 Å². The Hall–Kier alpha value is -1.98. The molecular weight excluding hydrogens is 176 g/mol. The lowest BCUT2D eigenvalue weighted by atomic mass is 10.3. The zero-order valence-corrected chi connectivity index (χ0v) is 7.01. The number of benzene rings is 1. The van der Waals surface area contributed by atoms with Gasteiger partial charge in [0.25, 0.3) is 5.09 Å². The molecule has 0 heterocycles. The summed E-state index contributed by atoms with van der Waals surface area (Å²) in [5, 5.41) is 13.6. The van der Waals surface area contributed by atoms with Crippen molar-refractivity contribution in [2.45, 2.75) is 0 Å². The van der Waals surface area contributed by atoms with Gasteiger partial charge in [-0.1, -0.05) is 0 Å². The third kappa shape index (κ3) is 6.42. The molecule has 0 bridgehead atoms. The number of hydrogen-bond donors (Lipinski definition) is 2. The van der Waals surface area contributed by atoms with Gasteiger partial charge in [0.2, 0.25) is 0 Å². The van der Waals surface area contributed by atoms with Crippen LogP contribution in [0.25, 0.3) is 0 Å². The summed E-state index contributed by atoms with van der Waals surface area (Å²) in [5.74, 6) is 0.837. The molecule has 1 aromatic rings. The van der Waals surface area contributed by atoms with E-state index >= 15 is 0 Å². The fourth-order valence-corrected chi connectivity index (χ4v) is 0.604. The van der Waals surface area contributed by atoms with E-state index in [0.29, 0.717) is 0 Å². The molecule has 0 aliphatic rings. The van der Waals surface area contributed by atoms with Crippen molar-refractivity contribution in [1.82, 2.24) is 0 Å². The van der Waals surface area contributed by atoms with Crippen LogP contribution in [-0.4, -0.2) is 17.4 Å². The Kier molecular flexibility index (Phi) is 4.78. The Bertz CT molecular complexity index is 256. The molecule has 13 heavy (non-hydrogen) atoms. The highest BCUT2D eigenvalue weighted by molar-refractivity contribution is 5.41. The van der Waals surface area contributed by atoms with Crippen molar-refractivity contribution in [1.29, 1.82) is 0 Å². The van der Waals surface area contributed by atoms with Gasteiger partial charge in [0.1, 0.15) is 5.75 Å². The first-order chi connectivity index (χ1) is 6.06. The normalized spacial score (nSPS) is 8.08. The molecule has 6 heteroatoms. The fourth-order valence-electron chi connectivity index (χ4n) is 0.604. The Morgan fingerprint density at radius 3 is 2.15 bits per heavy atom. The fraction of sp³-hybridized carbons (Fsp3) is 0.143. The van der Waals surface area contributed by atoms with E-state index in [1.54, 1.807) is 19.2 Å². The predicted octanol–water partition coefficient (Wildman–Crippen LogP) is 0.930. The van der Waals surface area contributed by atoms with Gasteiger partial charge in [-0.15, -0.1) is 10.1 Å². The lowest BCUT2D eigenvalue weighted by Crippen LogP contribution is -1.84. The maximum absolute atomic E-state index is 8.36. The lowest BCUT2D eigenvalue weighted by molar-refractivity contribution is -0.742. The molecule has 0 fully saturated rings. The maximum Gasteiger partial charge on any atom is 0.291 e. The number of nitrogens with zero attached hydrogens (tertiary/aromatic N) is 1. The van der Waals surface area contributed by atoms with Gasteiger partial charge < -0.3 is 15.7 Å². The molecule has 0 saturated carbocycles. The van der Waals surface area contributed by atoms with Crippen LogP contribution in [0.1, 0.15) is 0 Å². The Balaban J connectivity index is 0.000000310.